The highest BCUT2D eigenvalue weighted by atomic mass is 32.1. The number of nitrogens with zero attached hydrogens (tertiary/aromatic N) is 3. The summed E-state index contributed by atoms with van der Waals surface area (Å²) in [5, 5.41) is 4.30. The van der Waals surface area contributed by atoms with Crippen molar-refractivity contribution in [3.8, 4) is 10.8 Å². The van der Waals surface area contributed by atoms with Gasteiger partial charge in [-0.25, -0.2) is 15.0 Å². The smallest absolute Gasteiger partial charge is 0.188 e. The zero-order valence-electron chi connectivity index (χ0n) is 9.68. The van der Waals surface area contributed by atoms with Crippen LogP contribution in [0.3, 0.4) is 0 Å². The molecule has 2 heterocycles. The quantitative estimate of drug-likeness (QED) is 0.882. The lowest BCUT2D eigenvalue weighted by Gasteiger charge is -2.19. The maximum atomic E-state index is 4.67. The van der Waals surface area contributed by atoms with E-state index in [1.165, 1.54) is 23.4 Å². The molecule has 5 heteroatoms. The van der Waals surface area contributed by atoms with Crippen LogP contribution in [0.5, 0.6) is 0 Å². The van der Waals surface area contributed by atoms with Crippen LogP contribution < -0.4 is 5.32 Å². The van der Waals surface area contributed by atoms with Gasteiger partial charge in [-0.1, -0.05) is 0 Å². The lowest BCUT2D eigenvalue weighted by Crippen LogP contribution is -2.19. The maximum Gasteiger partial charge on any atom is 0.188 e. The third-order valence-electron chi connectivity index (χ3n) is 3.06. The third-order valence-corrected chi connectivity index (χ3v) is 4.26. The van der Waals surface area contributed by atoms with E-state index >= 15 is 0 Å². The molecule has 1 aliphatic rings. The highest BCUT2D eigenvalue weighted by Gasteiger charge is 2.24. The number of hydrogen-bond acceptors (Lipinski definition) is 5. The van der Waals surface area contributed by atoms with E-state index in [9.17, 15) is 0 Å². The number of fused-ring (bicyclic) bond motifs is 1. The van der Waals surface area contributed by atoms with E-state index in [4.69, 9.17) is 0 Å². The van der Waals surface area contributed by atoms with Crippen molar-refractivity contribution in [1.29, 1.82) is 0 Å². The van der Waals surface area contributed by atoms with Crippen molar-refractivity contribution >= 4 is 11.3 Å². The minimum absolute atomic E-state index is 0.453. The molecule has 2 aromatic rings. The van der Waals surface area contributed by atoms with Crippen LogP contribution in [0.1, 0.15) is 29.5 Å². The summed E-state index contributed by atoms with van der Waals surface area (Å²) < 4.78 is 0. The molecule has 0 bridgehead atoms. The normalized spacial score (nSPS) is 19.0. The van der Waals surface area contributed by atoms with Gasteiger partial charge in [0.15, 0.2) is 10.8 Å². The van der Waals surface area contributed by atoms with Crippen molar-refractivity contribution < 1.29 is 0 Å². The average Bonchev–Trinajstić information content (AvgIpc) is 2.83. The standard InChI is InChI=1S/C12H14N4S/c1-13-8-4-2-5-9-10(8)17-12(16-9)11-14-6-3-7-15-11/h3,6-8,13H,2,4-5H2,1H3. The highest BCUT2D eigenvalue weighted by Crippen LogP contribution is 2.36. The zero-order chi connectivity index (χ0) is 11.7. The Morgan fingerprint density at radius 2 is 2.18 bits per heavy atom. The monoisotopic (exact) mass is 246 g/mol. The Kier molecular flexibility index (Phi) is 2.86. The first-order chi connectivity index (χ1) is 8.38. The summed E-state index contributed by atoms with van der Waals surface area (Å²) in [7, 11) is 2.01. The predicted molar refractivity (Wildman–Crippen MR) is 67.9 cm³/mol. The minimum Gasteiger partial charge on any atom is -0.312 e. The molecule has 88 valence electrons. The van der Waals surface area contributed by atoms with Crippen LogP contribution in [0, 0.1) is 0 Å². The van der Waals surface area contributed by atoms with Crippen molar-refractivity contribution in [2.24, 2.45) is 0 Å². The van der Waals surface area contributed by atoms with Crippen molar-refractivity contribution in [3.05, 3.63) is 29.0 Å². The van der Waals surface area contributed by atoms with E-state index in [-0.39, 0.29) is 0 Å². The second kappa shape index (κ2) is 4.50. The van der Waals surface area contributed by atoms with E-state index in [1.54, 1.807) is 23.7 Å². The average molecular weight is 246 g/mol. The molecule has 0 saturated carbocycles. The molecule has 0 aliphatic heterocycles. The number of thiazole rings is 1. The summed E-state index contributed by atoms with van der Waals surface area (Å²) in [4.78, 5) is 14.6. The molecule has 0 fully saturated rings. The summed E-state index contributed by atoms with van der Waals surface area (Å²) in [6, 6.07) is 2.28. The molecule has 2 aromatic heterocycles. The van der Waals surface area contributed by atoms with Crippen LogP contribution in [-0.4, -0.2) is 22.0 Å². The fraction of sp³-hybridized carbons (Fsp3) is 0.417. The molecular formula is C12H14N4S. The summed E-state index contributed by atoms with van der Waals surface area (Å²) in [5.41, 5.74) is 1.23. The number of hydrogen-bond donors (Lipinski definition) is 1. The molecule has 0 amide bonds. The summed E-state index contributed by atoms with van der Waals surface area (Å²) in [6.45, 7) is 0. The van der Waals surface area contributed by atoms with Gasteiger partial charge in [-0.15, -0.1) is 11.3 Å². The van der Waals surface area contributed by atoms with Gasteiger partial charge in [0.2, 0.25) is 0 Å². The topological polar surface area (TPSA) is 50.7 Å². The second-order valence-electron chi connectivity index (χ2n) is 4.14. The first-order valence-corrected chi connectivity index (χ1v) is 6.64. The van der Waals surface area contributed by atoms with Gasteiger partial charge in [0, 0.05) is 23.3 Å². The largest absolute Gasteiger partial charge is 0.312 e. The molecular weight excluding hydrogens is 232 g/mol. The van der Waals surface area contributed by atoms with E-state index < -0.39 is 0 Å². The van der Waals surface area contributed by atoms with E-state index in [0.29, 0.717) is 6.04 Å². The second-order valence-corrected chi connectivity index (χ2v) is 5.17. The molecule has 1 N–H and O–H groups in total. The molecule has 0 saturated heterocycles. The fourth-order valence-corrected chi connectivity index (χ4v) is 3.40. The van der Waals surface area contributed by atoms with E-state index in [2.05, 4.69) is 20.3 Å². The van der Waals surface area contributed by atoms with Crippen LogP contribution in [0.4, 0.5) is 0 Å². The lowest BCUT2D eigenvalue weighted by atomic mass is 9.98. The first-order valence-electron chi connectivity index (χ1n) is 5.82. The van der Waals surface area contributed by atoms with E-state index in [0.717, 1.165) is 17.3 Å². The SMILES string of the molecule is CNC1CCCc2nc(-c3ncccn3)sc21. The molecule has 1 atom stereocenters. The van der Waals surface area contributed by atoms with Crippen molar-refractivity contribution in [1.82, 2.24) is 20.3 Å². The Hall–Kier alpha value is -1.33. The van der Waals surface area contributed by atoms with Crippen molar-refractivity contribution in [2.75, 3.05) is 7.05 Å². The Bertz CT molecular complexity index is 508. The van der Waals surface area contributed by atoms with Crippen LogP contribution in [0.15, 0.2) is 18.5 Å². The molecule has 1 aliphatic carbocycles. The van der Waals surface area contributed by atoms with E-state index in [1.807, 2.05) is 13.1 Å². The number of aromatic nitrogens is 3. The fourth-order valence-electron chi connectivity index (χ4n) is 2.20. The number of nitrogens with one attached hydrogen (secondary N) is 1. The summed E-state index contributed by atoms with van der Waals surface area (Å²) >= 11 is 1.72. The van der Waals surface area contributed by atoms with Gasteiger partial charge in [0.1, 0.15) is 0 Å². The minimum atomic E-state index is 0.453. The van der Waals surface area contributed by atoms with Crippen molar-refractivity contribution in [3.63, 3.8) is 0 Å². The Morgan fingerprint density at radius 1 is 1.35 bits per heavy atom. The molecule has 17 heavy (non-hydrogen) atoms. The number of rotatable bonds is 2. The zero-order valence-corrected chi connectivity index (χ0v) is 10.5. The Morgan fingerprint density at radius 3 is 2.94 bits per heavy atom. The third kappa shape index (κ3) is 1.96. The molecule has 0 spiro atoms. The summed E-state index contributed by atoms with van der Waals surface area (Å²) in [5.74, 6) is 0.738. The van der Waals surface area contributed by atoms with Gasteiger partial charge in [-0.05, 0) is 32.4 Å². The molecule has 4 nitrogen and oxygen atoms in total. The van der Waals surface area contributed by atoms with Gasteiger partial charge in [0.05, 0.1) is 5.69 Å². The molecule has 0 radical (unpaired) electrons. The predicted octanol–water partition coefficient (Wildman–Crippen LogP) is 2.20. The molecule has 0 aromatic carbocycles. The molecule has 1 unspecified atom stereocenters. The molecule has 3 rings (SSSR count). The van der Waals surface area contributed by atoms with Gasteiger partial charge in [0.25, 0.3) is 0 Å². The number of aryl methyl sites for hydroxylation is 1. The first kappa shape index (κ1) is 10.8. The highest BCUT2D eigenvalue weighted by molar-refractivity contribution is 7.15. The lowest BCUT2D eigenvalue weighted by molar-refractivity contribution is 0.501. The van der Waals surface area contributed by atoms with Crippen LogP contribution in [0.25, 0.3) is 10.8 Å². The van der Waals surface area contributed by atoms with Crippen LogP contribution >= 0.6 is 11.3 Å². The van der Waals surface area contributed by atoms with Gasteiger partial charge in [-0.2, -0.15) is 0 Å². The van der Waals surface area contributed by atoms with Gasteiger partial charge >= 0.3 is 0 Å². The Labute approximate surface area is 104 Å². The maximum absolute atomic E-state index is 4.67. The Balaban J connectivity index is 2.02. The van der Waals surface area contributed by atoms with Gasteiger partial charge < -0.3 is 5.32 Å². The van der Waals surface area contributed by atoms with Crippen LogP contribution in [0.2, 0.25) is 0 Å². The van der Waals surface area contributed by atoms with Crippen LogP contribution in [-0.2, 0) is 6.42 Å². The van der Waals surface area contributed by atoms with Gasteiger partial charge in [-0.3, -0.25) is 0 Å². The summed E-state index contributed by atoms with van der Waals surface area (Å²) in [6.07, 6.45) is 7.01. The van der Waals surface area contributed by atoms with Crippen molar-refractivity contribution in [2.45, 2.75) is 25.3 Å².